The highest BCUT2D eigenvalue weighted by atomic mass is 19.1. The van der Waals surface area contributed by atoms with Gasteiger partial charge in [0.1, 0.15) is 5.82 Å². The lowest BCUT2D eigenvalue weighted by atomic mass is 9.82. The molecular weight excluding hydrogens is 311 g/mol. The van der Waals surface area contributed by atoms with E-state index >= 15 is 0 Å². The summed E-state index contributed by atoms with van der Waals surface area (Å²) < 4.78 is 24.3. The van der Waals surface area contributed by atoms with Crippen LogP contribution in [-0.4, -0.2) is 50.4 Å². The largest absolute Gasteiger partial charge is 0.382 e. The maximum absolute atomic E-state index is 13.6. The first-order valence-electron chi connectivity index (χ1n) is 8.22. The molecule has 2 rings (SSSR count). The van der Waals surface area contributed by atoms with Gasteiger partial charge in [0.05, 0.1) is 31.9 Å². The number of carbonyl (C=O) groups is 1. The van der Waals surface area contributed by atoms with Crippen molar-refractivity contribution in [3.63, 3.8) is 0 Å². The molecule has 1 saturated heterocycles. The number of hydrogen-bond donors (Lipinski definition) is 1. The van der Waals surface area contributed by atoms with Crippen molar-refractivity contribution in [3.8, 4) is 0 Å². The van der Waals surface area contributed by atoms with Crippen LogP contribution in [0.5, 0.6) is 0 Å². The van der Waals surface area contributed by atoms with Crippen LogP contribution in [0.25, 0.3) is 0 Å². The summed E-state index contributed by atoms with van der Waals surface area (Å²) in [4.78, 5) is 14.4. The Kier molecular flexibility index (Phi) is 6.18. The summed E-state index contributed by atoms with van der Waals surface area (Å²) >= 11 is 0. The second-order valence-electron chi connectivity index (χ2n) is 7.20. The summed E-state index contributed by atoms with van der Waals surface area (Å²) in [5, 5.41) is 3.06. The maximum Gasteiger partial charge on any atom is 0.318 e. The Balaban J connectivity index is 2.10. The molecule has 2 amide bonds. The number of urea groups is 1. The Labute approximate surface area is 143 Å². The fourth-order valence-electron chi connectivity index (χ4n) is 2.89. The van der Waals surface area contributed by atoms with E-state index in [-0.39, 0.29) is 29.4 Å². The maximum atomic E-state index is 13.6. The molecule has 1 aliphatic heterocycles. The highest BCUT2D eigenvalue weighted by Gasteiger charge is 2.31. The molecule has 6 heteroatoms. The van der Waals surface area contributed by atoms with Crippen molar-refractivity contribution in [2.24, 2.45) is 5.41 Å². The molecule has 24 heavy (non-hydrogen) atoms. The molecule has 1 aliphatic rings. The van der Waals surface area contributed by atoms with Crippen LogP contribution in [0.4, 0.5) is 9.18 Å². The van der Waals surface area contributed by atoms with E-state index in [4.69, 9.17) is 9.47 Å². The molecule has 1 aromatic carbocycles. The van der Waals surface area contributed by atoms with E-state index < -0.39 is 0 Å². The Morgan fingerprint density at radius 2 is 2.25 bits per heavy atom. The van der Waals surface area contributed by atoms with Gasteiger partial charge in [0.15, 0.2) is 0 Å². The quantitative estimate of drug-likeness (QED) is 0.918. The fraction of sp³-hybridized carbons (Fsp3) is 0.611. The van der Waals surface area contributed by atoms with Crippen LogP contribution in [-0.2, 0) is 9.47 Å². The van der Waals surface area contributed by atoms with Gasteiger partial charge in [0.2, 0.25) is 0 Å². The fourth-order valence-corrected chi connectivity index (χ4v) is 2.89. The van der Waals surface area contributed by atoms with Crippen LogP contribution in [0.2, 0.25) is 0 Å². The number of morpholine rings is 1. The number of carbonyl (C=O) groups excluding carboxylic acids is 1. The lowest BCUT2D eigenvalue weighted by molar-refractivity contribution is -0.0499. The van der Waals surface area contributed by atoms with Crippen molar-refractivity contribution in [1.82, 2.24) is 10.2 Å². The third-order valence-electron chi connectivity index (χ3n) is 4.09. The molecule has 2 unspecified atom stereocenters. The van der Waals surface area contributed by atoms with Gasteiger partial charge in [0.25, 0.3) is 0 Å². The topological polar surface area (TPSA) is 50.8 Å². The molecule has 0 aromatic heterocycles. The minimum absolute atomic E-state index is 0.114. The Morgan fingerprint density at radius 3 is 2.88 bits per heavy atom. The summed E-state index contributed by atoms with van der Waals surface area (Å²) in [6.45, 7) is 8.03. The average Bonchev–Trinajstić information content (AvgIpc) is 2.52. The lowest BCUT2D eigenvalue weighted by Gasteiger charge is -2.37. The molecule has 1 fully saturated rings. The third-order valence-corrected chi connectivity index (χ3v) is 4.09. The SMILES string of the molecule is COCC1CN(C(=O)NC(c2cccc(F)c2)C(C)(C)C)CCO1. The molecular formula is C18H27FN2O3. The first-order chi connectivity index (χ1) is 11.3. The van der Waals surface area contributed by atoms with Crippen LogP contribution in [0.15, 0.2) is 24.3 Å². The monoisotopic (exact) mass is 338 g/mol. The van der Waals surface area contributed by atoms with Gasteiger partial charge in [-0.1, -0.05) is 32.9 Å². The van der Waals surface area contributed by atoms with Crippen LogP contribution < -0.4 is 5.32 Å². The predicted octanol–water partition coefficient (Wildman–Crippen LogP) is 2.97. The van der Waals surface area contributed by atoms with Crippen molar-refractivity contribution >= 4 is 6.03 Å². The van der Waals surface area contributed by atoms with Gasteiger partial charge in [-0.2, -0.15) is 0 Å². The Hall–Kier alpha value is -1.66. The minimum Gasteiger partial charge on any atom is -0.382 e. The lowest BCUT2D eigenvalue weighted by Crippen LogP contribution is -2.52. The van der Waals surface area contributed by atoms with E-state index in [0.717, 1.165) is 5.56 Å². The Bertz CT molecular complexity index is 557. The molecule has 1 N–H and O–H groups in total. The second-order valence-corrected chi connectivity index (χ2v) is 7.20. The number of amides is 2. The van der Waals surface area contributed by atoms with Crippen molar-refractivity contribution in [3.05, 3.63) is 35.6 Å². The normalized spacial score (nSPS) is 19.9. The zero-order valence-corrected chi connectivity index (χ0v) is 14.8. The summed E-state index contributed by atoms with van der Waals surface area (Å²) in [6, 6.07) is 5.93. The number of hydrogen-bond acceptors (Lipinski definition) is 3. The number of benzene rings is 1. The number of ether oxygens (including phenoxy) is 2. The van der Waals surface area contributed by atoms with E-state index in [1.807, 2.05) is 26.8 Å². The van der Waals surface area contributed by atoms with E-state index in [1.165, 1.54) is 12.1 Å². The van der Waals surface area contributed by atoms with Crippen molar-refractivity contribution in [2.75, 3.05) is 33.4 Å². The molecule has 0 spiro atoms. The van der Waals surface area contributed by atoms with Gasteiger partial charge in [-0.3, -0.25) is 0 Å². The standard InChI is InChI=1S/C18H27FN2O3/c1-18(2,3)16(13-6-5-7-14(19)10-13)20-17(22)21-8-9-24-15(11-21)12-23-4/h5-7,10,15-16H,8-9,11-12H2,1-4H3,(H,20,22). The van der Waals surface area contributed by atoms with Crippen molar-refractivity contribution in [1.29, 1.82) is 0 Å². The number of nitrogens with one attached hydrogen (secondary N) is 1. The van der Waals surface area contributed by atoms with E-state index in [9.17, 15) is 9.18 Å². The Morgan fingerprint density at radius 1 is 1.50 bits per heavy atom. The van der Waals surface area contributed by atoms with Gasteiger partial charge in [-0.05, 0) is 23.1 Å². The van der Waals surface area contributed by atoms with Crippen LogP contribution in [0.1, 0.15) is 32.4 Å². The third kappa shape index (κ3) is 4.92. The smallest absolute Gasteiger partial charge is 0.318 e. The van der Waals surface area contributed by atoms with Gasteiger partial charge < -0.3 is 19.7 Å². The molecule has 5 nitrogen and oxygen atoms in total. The summed E-state index contributed by atoms with van der Waals surface area (Å²) in [7, 11) is 1.61. The second kappa shape index (κ2) is 7.94. The zero-order valence-electron chi connectivity index (χ0n) is 14.8. The first-order valence-corrected chi connectivity index (χ1v) is 8.22. The van der Waals surface area contributed by atoms with E-state index in [1.54, 1.807) is 18.1 Å². The minimum atomic E-state index is -0.303. The van der Waals surface area contributed by atoms with Gasteiger partial charge in [-0.15, -0.1) is 0 Å². The predicted molar refractivity (Wildman–Crippen MR) is 90.3 cm³/mol. The molecule has 0 saturated carbocycles. The molecule has 2 atom stereocenters. The molecule has 1 aromatic rings. The van der Waals surface area contributed by atoms with Crippen molar-refractivity contribution < 1.29 is 18.7 Å². The zero-order chi connectivity index (χ0) is 17.7. The van der Waals surface area contributed by atoms with Gasteiger partial charge in [-0.25, -0.2) is 9.18 Å². The highest BCUT2D eigenvalue weighted by molar-refractivity contribution is 5.75. The van der Waals surface area contributed by atoms with Crippen LogP contribution in [0.3, 0.4) is 0 Å². The summed E-state index contributed by atoms with van der Waals surface area (Å²) in [5.41, 5.74) is 0.513. The van der Waals surface area contributed by atoms with E-state index in [0.29, 0.717) is 26.3 Å². The number of nitrogens with zero attached hydrogens (tertiary/aromatic N) is 1. The molecule has 0 aliphatic carbocycles. The van der Waals surface area contributed by atoms with Crippen LogP contribution in [0, 0.1) is 11.2 Å². The van der Waals surface area contributed by atoms with Gasteiger partial charge in [0, 0.05) is 13.7 Å². The molecule has 0 bridgehead atoms. The molecule has 0 radical (unpaired) electrons. The van der Waals surface area contributed by atoms with Gasteiger partial charge >= 0.3 is 6.03 Å². The van der Waals surface area contributed by atoms with Crippen LogP contribution >= 0.6 is 0 Å². The highest BCUT2D eigenvalue weighted by Crippen LogP contribution is 2.33. The van der Waals surface area contributed by atoms with E-state index in [2.05, 4.69) is 5.32 Å². The number of rotatable bonds is 4. The van der Waals surface area contributed by atoms with Crippen molar-refractivity contribution in [2.45, 2.75) is 32.9 Å². The number of halogens is 1. The average molecular weight is 338 g/mol. The number of methoxy groups -OCH3 is 1. The molecule has 134 valence electrons. The molecule has 1 heterocycles. The first kappa shape index (κ1) is 18.7. The summed E-state index contributed by atoms with van der Waals surface area (Å²) in [6.07, 6.45) is -0.114. The summed E-state index contributed by atoms with van der Waals surface area (Å²) in [5.74, 6) is -0.303.